The van der Waals surface area contributed by atoms with Gasteiger partial charge in [0, 0.05) is 19.0 Å². The third-order valence-electron chi connectivity index (χ3n) is 4.94. The molecule has 3 nitrogen and oxygen atoms in total. The predicted octanol–water partition coefficient (Wildman–Crippen LogP) is 2.12. The molecule has 1 amide bonds. The highest BCUT2D eigenvalue weighted by molar-refractivity contribution is 5.80. The van der Waals surface area contributed by atoms with Crippen LogP contribution < -0.4 is 5.73 Å². The van der Waals surface area contributed by atoms with Crippen molar-refractivity contribution in [3.05, 3.63) is 35.9 Å². The molecule has 0 spiro atoms. The van der Waals surface area contributed by atoms with Crippen LogP contribution in [0.15, 0.2) is 30.3 Å². The van der Waals surface area contributed by atoms with E-state index in [-0.39, 0.29) is 11.9 Å². The first-order valence-electron chi connectivity index (χ1n) is 8.27. The highest BCUT2D eigenvalue weighted by Crippen LogP contribution is 2.22. The number of rotatable bonds is 5. The normalized spacial score (nSPS) is 19.3. The number of quaternary nitrogens is 1. The maximum absolute atomic E-state index is 12.4. The average Bonchev–Trinajstić information content (AvgIpc) is 2.54. The van der Waals surface area contributed by atoms with E-state index in [9.17, 15) is 4.79 Å². The van der Waals surface area contributed by atoms with Gasteiger partial charge in [-0.15, -0.1) is 0 Å². The van der Waals surface area contributed by atoms with Crippen LogP contribution in [0.1, 0.15) is 38.7 Å². The Hall–Kier alpha value is -1.35. The minimum Gasteiger partial charge on any atom is -0.347 e. The molecule has 2 rings (SSSR count). The lowest BCUT2D eigenvalue weighted by Crippen LogP contribution is -2.70. The molecule has 0 radical (unpaired) electrons. The number of carbonyl (C=O) groups excluding carboxylic acids is 1. The highest BCUT2D eigenvalue weighted by Gasteiger charge is 2.30. The van der Waals surface area contributed by atoms with Gasteiger partial charge in [-0.1, -0.05) is 44.2 Å². The number of carbonyl (C=O) groups is 1. The van der Waals surface area contributed by atoms with Crippen LogP contribution >= 0.6 is 0 Å². The van der Waals surface area contributed by atoms with Gasteiger partial charge >= 0.3 is 0 Å². The standard InChI is InChI=1S/C18H28N2O/c1-3-14(2)17(19)18(21)20-11-9-16(10-12-20)13-15-7-5-4-6-8-15/h4-8,14,16-17H,3,9-13,19H2,1-2H3/p+1/t14-,17+/m1/s1. The molecule has 0 aromatic heterocycles. The topological polar surface area (TPSA) is 48.0 Å². The van der Waals surface area contributed by atoms with Crippen LogP contribution in [0.2, 0.25) is 0 Å². The molecule has 1 aromatic rings. The fourth-order valence-corrected chi connectivity index (χ4v) is 3.07. The van der Waals surface area contributed by atoms with E-state index >= 15 is 0 Å². The zero-order chi connectivity index (χ0) is 15.2. The summed E-state index contributed by atoms with van der Waals surface area (Å²) in [4.78, 5) is 14.5. The number of likely N-dealkylation sites (tertiary alicyclic amines) is 1. The van der Waals surface area contributed by atoms with Gasteiger partial charge < -0.3 is 10.6 Å². The lowest BCUT2D eigenvalue weighted by molar-refractivity contribution is -0.417. The van der Waals surface area contributed by atoms with E-state index < -0.39 is 0 Å². The summed E-state index contributed by atoms with van der Waals surface area (Å²) in [5.74, 6) is 1.34. The molecule has 3 heteroatoms. The Morgan fingerprint density at radius 2 is 1.90 bits per heavy atom. The van der Waals surface area contributed by atoms with Gasteiger partial charge in [-0.25, -0.2) is 0 Å². The van der Waals surface area contributed by atoms with E-state index in [1.807, 2.05) is 4.90 Å². The molecule has 1 heterocycles. The van der Waals surface area contributed by atoms with Gasteiger partial charge in [-0.05, 0) is 37.2 Å². The van der Waals surface area contributed by atoms with Gasteiger partial charge in [-0.2, -0.15) is 0 Å². The van der Waals surface area contributed by atoms with Crippen molar-refractivity contribution in [1.29, 1.82) is 0 Å². The molecule has 0 saturated carbocycles. The van der Waals surface area contributed by atoms with Crippen LogP contribution in [-0.4, -0.2) is 29.9 Å². The number of hydrogen-bond acceptors (Lipinski definition) is 1. The summed E-state index contributed by atoms with van der Waals surface area (Å²) in [5.41, 5.74) is 5.49. The van der Waals surface area contributed by atoms with E-state index in [0.29, 0.717) is 11.8 Å². The van der Waals surface area contributed by atoms with Crippen molar-refractivity contribution in [1.82, 2.24) is 4.90 Å². The summed E-state index contributed by atoms with van der Waals surface area (Å²) in [5, 5.41) is 0. The number of hydrogen-bond donors (Lipinski definition) is 1. The Labute approximate surface area is 128 Å². The molecular formula is C18H29N2O+. The molecule has 1 aliphatic heterocycles. The second kappa shape index (κ2) is 7.60. The Morgan fingerprint density at radius 3 is 2.48 bits per heavy atom. The van der Waals surface area contributed by atoms with E-state index in [2.05, 4.69) is 49.9 Å². The van der Waals surface area contributed by atoms with Crippen molar-refractivity contribution in [2.45, 2.75) is 45.6 Å². The summed E-state index contributed by atoms with van der Waals surface area (Å²) < 4.78 is 0. The van der Waals surface area contributed by atoms with Gasteiger partial charge in [-0.3, -0.25) is 4.79 Å². The van der Waals surface area contributed by atoms with Gasteiger partial charge in [0.1, 0.15) is 0 Å². The predicted molar refractivity (Wildman–Crippen MR) is 85.6 cm³/mol. The minimum absolute atomic E-state index is 0.0827. The van der Waals surface area contributed by atoms with Gasteiger partial charge in [0.2, 0.25) is 0 Å². The molecule has 2 atom stereocenters. The maximum atomic E-state index is 12.4. The number of benzene rings is 1. The molecule has 1 aliphatic rings. The lowest BCUT2D eigenvalue weighted by atomic mass is 9.89. The van der Waals surface area contributed by atoms with Crippen molar-refractivity contribution in [2.24, 2.45) is 11.8 Å². The molecular weight excluding hydrogens is 260 g/mol. The van der Waals surface area contributed by atoms with Gasteiger partial charge in [0.25, 0.3) is 5.91 Å². The van der Waals surface area contributed by atoms with Crippen LogP contribution in [0, 0.1) is 11.8 Å². The number of nitrogens with zero attached hydrogens (tertiary/aromatic N) is 1. The van der Waals surface area contributed by atoms with Gasteiger partial charge in [0.05, 0.1) is 0 Å². The van der Waals surface area contributed by atoms with Crippen molar-refractivity contribution < 1.29 is 10.5 Å². The lowest BCUT2D eigenvalue weighted by Gasteiger charge is -2.33. The zero-order valence-corrected chi connectivity index (χ0v) is 13.4. The van der Waals surface area contributed by atoms with Crippen LogP contribution in [0.5, 0.6) is 0 Å². The zero-order valence-electron chi connectivity index (χ0n) is 13.4. The number of piperidine rings is 1. The summed E-state index contributed by atoms with van der Waals surface area (Å²) in [7, 11) is 0. The molecule has 0 aliphatic carbocycles. The van der Waals surface area contributed by atoms with E-state index in [1.54, 1.807) is 0 Å². The first-order valence-corrected chi connectivity index (χ1v) is 8.27. The molecule has 21 heavy (non-hydrogen) atoms. The van der Waals surface area contributed by atoms with E-state index in [1.165, 1.54) is 5.56 Å². The van der Waals surface area contributed by atoms with Crippen molar-refractivity contribution in [3.8, 4) is 0 Å². The van der Waals surface area contributed by atoms with E-state index in [0.717, 1.165) is 38.8 Å². The van der Waals surface area contributed by atoms with Gasteiger partial charge in [0.15, 0.2) is 6.04 Å². The van der Waals surface area contributed by atoms with Crippen molar-refractivity contribution >= 4 is 5.91 Å². The maximum Gasteiger partial charge on any atom is 0.281 e. The van der Waals surface area contributed by atoms with E-state index in [4.69, 9.17) is 0 Å². The molecule has 1 fully saturated rings. The van der Waals surface area contributed by atoms with Crippen molar-refractivity contribution in [3.63, 3.8) is 0 Å². The smallest absolute Gasteiger partial charge is 0.281 e. The molecule has 0 bridgehead atoms. The molecule has 1 aromatic carbocycles. The van der Waals surface area contributed by atoms with Crippen LogP contribution in [0.25, 0.3) is 0 Å². The van der Waals surface area contributed by atoms with Crippen molar-refractivity contribution in [2.75, 3.05) is 13.1 Å². The molecule has 3 N–H and O–H groups in total. The summed E-state index contributed by atoms with van der Waals surface area (Å²) in [6, 6.07) is 10.6. The first-order chi connectivity index (χ1) is 10.1. The third kappa shape index (κ3) is 4.31. The second-order valence-electron chi connectivity index (χ2n) is 6.45. The first kappa shape index (κ1) is 16.0. The number of amides is 1. The monoisotopic (exact) mass is 289 g/mol. The molecule has 116 valence electrons. The van der Waals surface area contributed by atoms with Crippen LogP contribution in [-0.2, 0) is 11.2 Å². The summed E-state index contributed by atoms with van der Waals surface area (Å²) in [6.45, 7) is 6.05. The Kier molecular flexibility index (Phi) is 5.80. The third-order valence-corrected chi connectivity index (χ3v) is 4.94. The molecule has 1 saturated heterocycles. The quantitative estimate of drug-likeness (QED) is 0.887. The summed E-state index contributed by atoms with van der Waals surface area (Å²) in [6.07, 6.45) is 4.40. The molecule has 0 unspecified atom stereocenters. The highest BCUT2D eigenvalue weighted by atomic mass is 16.2. The minimum atomic E-state index is -0.0827. The van der Waals surface area contributed by atoms with Crippen LogP contribution in [0.3, 0.4) is 0 Å². The second-order valence-corrected chi connectivity index (χ2v) is 6.45. The van der Waals surface area contributed by atoms with Crippen LogP contribution in [0.4, 0.5) is 0 Å². The summed E-state index contributed by atoms with van der Waals surface area (Å²) >= 11 is 0. The Morgan fingerprint density at radius 1 is 1.29 bits per heavy atom. The Bertz CT molecular complexity index is 438. The fourth-order valence-electron chi connectivity index (χ4n) is 3.07. The SMILES string of the molecule is CC[C@@H](C)[C@H]([NH3+])C(=O)N1CCC(Cc2ccccc2)CC1. The average molecular weight is 289 g/mol. The fraction of sp³-hybridized carbons (Fsp3) is 0.611. The largest absolute Gasteiger partial charge is 0.347 e. The Balaban J connectivity index is 1.81.